The number of fused-ring (bicyclic) bond motifs is 2. The second-order valence-electron chi connectivity index (χ2n) is 5.39. The fourth-order valence-corrected chi connectivity index (χ4v) is 3.44. The number of carbonyl (C=O) groups is 1. The lowest BCUT2D eigenvalue weighted by molar-refractivity contribution is 0.102. The number of hydrogen-bond donors (Lipinski definition) is 1. The van der Waals surface area contributed by atoms with E-state index in [9.17, 15) is 4.79 Å². The van der Waals surface area contributed by atoms with Crippen molar-refractivity contribution in [1.29, 1.82) is 0 Å². The van der Waals surface area contributed by atoms with Crippen molar-refractivity contribution >= 4 is 38.8 Å². The predicted molar refractivity (Wildman–Crippen MR) is 92.2 cm³/mol. The second kappa shape index (κ2) is 5.17. The van der Waals surface area contributed by atoms with Gasteiger partial charge in [0.1, 0.15) is 11.3 Å². The molecule has 0 fully saturated rings. The van der Waals surface area contributed by atoms with Gasteiger partial charge in [-0.3, -0.25) is 4.79 Å². The van der Waals surface area contributed by atoms with Crippen molar-refractivity contribution in [1.82, 2.24) is 14.4 Å². The minimum Gasteiger partial charge on any atom is -0.321 e. The first-order valence-corrected chi connectivity index (χ1v) is 8.05. The number of pyridine rings is 1. The van der Waals surface area contributed by atoms with Crippen LogP contribution in [-0.4, -0.2) is 20.3 Å². The molecule has 0 aliphatic rings. The van der Waals surface area contributed by atoms with E-state index in [1.165, 1.54) is 0 Å². The molecule has 4 aromatic rings. The molecule has 23 heavy (non-hydrogen) atoms. The maximum absolute atomic E-state index is 12.4. The number of aryl methyl sites for hydroxylation is 2. The van der Waals surface area contributed by atoms with Crippen LogP contribution in [0.2, 0.25) is 0 Å². The molecule has 1 amide bonds. The molecular weight excluding hydrogens is 308 g/mol. The van der Waals surface area contributed by atoms with Crippen molar-refractivity contribution in [3.8, 4) is 0 Å². The van der Waals surface area contributed by atoms with Crippen LogP contribution >= 0.6 is 11.3 Å². The monoisotopic (exact) mass is 322 g/mol. The van der Waals surface area contributed by atoms with Crippen LogP contribution in [0, 0.1) is 13.8 Å². The number of carbonyl (C=O) groups excluding carboxylic acids is 1. The second-order valence-corrected chi connectivity index (χ2v) is 6.63. The Morgan fingerprint density at radius 1 is 1.17 bits per heavy atom. The summed E-state index contributed by atoms with van der Waals surface area (Å²) in [5.74, 6) is -0.214. The molecule has 3 aromatic heterocycles. The molecule has 0 bridgehead atoms. The zero-order chi connectivity index (χ0) is 16.0. The number of amides is 1. The Kier molecular flexibility index (Phi) is 3.12. The highest BCUT2D eigenvalue weighted by molar-refractivity contribution is 7.18. The number of anilines is 1. The van der Waals surface area contributed by atoms with E-state index in [-0.39, 0.29) is 5.91 Å². The van der Waals surface area contributed by atoms with Crippen LogP contribution in [0.25, 0.3) is 15.9 Å². The SMILES string of the molecule is Cc1nc2ccc(NC(=O)c3cn4c(C)cccc4n3)cc2s1. The summed E-state index contributed by atoms with van der Waals surface area (Å²) in [4.78, 5) is 21.2. The van der Waals surface area contributed by atoms with Crippen LogP contribution in [0.1, 0.15) is 21.2 Å². The largest absolute Gasteiger partial charge is 0.321 e. The van der Waals surface area contributed by atoms with Crippen LogP contribution < -0.4 is 5.32 Å². The summed E-state index contributed by atoms with van der Waals surface area (Å²) >= 11 is 1.61. The Morgan fingerprint density at radius 2 is 2.04 bits per heavy atom. The van der Waals surface area contributed by atoms with E-state index in [4.69, 9.17) is 0 Å². The van der Waals surface area contributed by atoms with Gasteiger partial charge in [-0.1, -0.05) is 6.07 Å². The number of imidazole rings is 1. The molecule has 5 nitrogen and oxygen atoms in total. The number of benzene rings is 1. The number of hydrogen-bond acceptors (Lipinski definition) is 4. The minimum absolute atomic E-state index is 0.214. The van der Waals surface area contributed by atoms with E-state index in [1.54, 1.807) is 17.5 Å². The van der Waals surface area contributed by atoms with Crippen LogP contribution in [0.3, 0.4) is 0 Å². The summed E-state index contributed by atoms with van der Waals surface area (Å²) in [6, 6.07) is 11.5. The molecule has 0 aliphatic carbocycles. The lowest BCUT2D eigenvalue weighted by Gasteiger charge is -2.02. The highest BCUT2D eigenvalue weighted by atomic mass is 32.1. The summed E-state index contributed by atoms with van der Waals surface area (Å²) in [6.45, 7) is 3.96. The summed E-state index contributed by atoms with van der Waals surface area (Å²) < 4.78 is 2.97. The highest BCUT2D eigenvalue weighted by Gasteiger charge is 2.12. The van der Waals surface area contributed by atoms with Crippen molar-refractivity contribution < 1.29 is 4.79 Å². The van der Waals surface area contributed by atoms with Crippen molar-refractivity contribution in [2.45, 2.75) is 13.8 Å². The zero-order valence-corrected chi connectivity index (χ0v) is 13.5. The van der Waals surface area contributed by atoms with Crippen LogP contribution in [0.4, 0.5) is 5.69 Å². The Hall–Kier alpha value is -2.73. The quantitative estimate of drug-likeness (QED) is 0.610. The van der Waals surface area contributed by atoms with Gasteiger partial charge in [-0.15, -0.1) is 11.3 Å². The van der Waals surface area contributed by atoms with Gasteiger partial charge in [0.05, 0.1) is 15.2 Å². The molecule has 0 aliphatic heterocycles. The van der Waals surface area contributed by atoms with Crippen molar-refractivity contribution in [3.05, 3.63) is 59.0 Å². The third-order valence-corrected chi connectivity index (χ3v) is 4.62. The van der Waals surface area contributed by atoms with E-state index < -0.39 is 0 Å². The normalized spacial score (nSPS) is 11.2. The highest BCUT2D eigenvalue weighted by Crippen LogP contribution is 2.25. The molecule has 6 heteroatoms. The van der Waals surface area contributed by atoms with E-state index >= 15 is 0 Å². The zero-order valence-electron chi connectivity index (χ0n) is 12.7. The lowest BCUT2D eigenvalue weighted by Crippen LogP contribution is -2.12. The maximum atomic E-state index is 12.4. The first kappa shape index (κ1) is 13.9. The molecule has 0 saturated carbocycles. The van der Waals surface area contributed by atoms with Gasteiger partial charge in [-0.25, -0.2) is 9.97 Å². The average Bonchev–Trinajstić information content (AvgIpc) is 3.10. The molecule has 0 spiro atoms. The number of aromatic nitrogens is 3. The number of nitrogens with zero attached hydrogens (tertiary/aromatic N) is 3. The molecule has 3 heterocycles. The van der Waals surface area contributed by atoms with Crippen molar-refractivity contribution in [2.24, 2.45) is 0 Å². The van der Waals surface area contributed by atoms with Gasteiger partial charge in [0.15, 0.2) is 0 Å². The predicted octanol–water partition coefficient (Wildman–Crippen LogP) is 3.81. The fourth-order valence-electron chi connectivity index (χ4n) is 2.57. The molecule has 0 radical (unpaired) electrons. The van der Waals surface area contributed by atoms with Gasteiger partial charge in [0, 0.05) is 17.6 Å². The number of thiazole rings is 1. The smallest absolute Gasteiger partial charge is 0.275 e. The van der Waals surface area contributed by atoms with Crippen molar-refractivity contribution in [2.75, 3.05) is 5.32 Å². The lowest BCUT2D eigenvalue weighted by atomic mass is 10.3. The van der Waals surface area contributed by atoms with Gasteiger partial charge in [0.2, 0.25) is 0 Å². The molecular formula is C17H14N4OS. The Morgan fingerprint density at radius 3 is 2.87 bits per heavy atom. The van der Waals surface area contributed by atoms with E-state index in [0.29, 0.717) is 5.69 Å². The first-order valence-electron chi connectivity index (χ1n) is 7.23. The average molecular weight is 322 g/mol. The first-order chi connectivity index (χ1) is 11.1. The van der Waals surface area contributed by atoms with Crippen LogP contribution in [-0.2, 0) is 0 Å². The molecule has 4 rings (SSSR count). The van der Waals surface area contributed by atoms with Crippen LogP contribution in [0.5, 0.6) is 0 Å². The Bertz CT molecular complexity index is 1050. The number of rotatable bonds is 2. The summed E-state index contributed by atoms with van der Waals surface area (Å²) in [7, 11) is 0. The van der Waals surface area contributed by atoms with E-state index in [1.807, 2.05) is 54.6 Å². The van der Waals surface area contributed by atoms with Gasteiger partial charge in [-0.2, -0.15) is 0 Å². The third-order valence-electron chi connectivity index (χ3n) is 3.68. The third kappa shape index (κ3) is 2.47. The van der Waals surface area contributed by atoms with Gasteiger partial charge >= 0.3 is 0 Å². The molecule has 1 aromatic carbocycles. The molecule has 0 saturated heterocycles. The summed E-state index contributed by atoms with van der Waals surface area (Å²) in [5, 5.41) is 3.92. The topological polar surface area (TPSA) is 59.3 Å². The van der Waals surface area contributed by atoms with Gasteiger partial charge in [0.25, 0.3) is 5.91 Å². The molecule has 0 atom stereocenters. The summed E-state index contributed by atoms with van der Waals surface area (Å²) in [5.41, 5.74) is 3.91. The fraction of sp³-hybridized carbons (Fsp3) is 0.118. The Labute approximate surface area is 136 Å². The van der Waals surface area contributed by atoms with E-state index in [2.05, 4.69) is 15.3 Å². The van der Waals surface area contributed by atoms with Crippen molar-refractivity contribution in [3.63, 3.8) is 0 Å². The van der Waals surface area contributed by atoms with Crippen LogP contribution in [0.15, 0.2) is 42.6 Å². The maximum Gasteiger partial charge on any atom is 0.275 e. The molecule has 1 N–H and O–H groups in total. The standard InChI is InChI=1S/C17H14N4OS/c1-10-4-3-5-16-20-14(9-21(10)16)17(22)19-12-6-7-13-15(8-12)23-11(2)18-13/h3-9H,1-2H3,(H,19,22). The van der Waals surface area contributed by atoms with Gasteiger partial charge in [-0.05, 0) is 44.2 Å². The minimum atomic E-state index is -0.214. The molecule has 0 unspecified atom stereocenters. The van der Waals surface area contributed by atoms with Gasteiger partial charge < -0.3 is 9.72 Å². The number of nitrogens with one attached hydrogen (secondary N) is 1. The Balaban J connectivity index is 1.65. The molecule has 114 valence electrons. The van der Waals surface area contributed by atoms with E-state index in [0.717, 1.165) is 32.3 Å². The summed E-state index contributed by atoms with van der Waals surface area (Å²) in [6.07, 6.45) is 1.76.